The predicted molar refractivity (Wildman–Crippen MR) is 176 cm³/mol. The molecule has 0 aliphatic carbocycles. The Morgan fingerprint density at radius 3 is 2.60 bits per heavy atom. The highest BCUT2D eigenvalue weighted by Crippen LogP contribution is 2.43. The first-order chi connectivity index (χ1) is 20.7. The zero-order chi connectivity index (χ0) is 30.7. The molecule has 0 radical (unpaired) electrons. The van der Waals surface area contributed by atoms with Crippen LogP contribution in [0.5, 0.6) is 11.5 Å². The molecule has 0 saturated carbocycles. The summed E-state index contributed by atoms with van der Waals surface area (Å²) >= 11 is 5.30. The Morgan fingerprint density at radius 1 is 1.07 bits per heavy atom. The average Bonchev–Trinajstić information content (AvgIpc) is 3.36. The van der Waals surface area contributed by atoms with E-state index in [1.54, 1.807) is 16.4 Å². The van der Waals surface area contributed by atoms with Crippen molar-refractivity contribution in [2.75, 3.05) is 23.0 Å². The van der Waals surface area contributed by atoms with Gasteiger partial charge in [-0.25, -0.2) is 4.68 Å². The fourth-order valence-corrected chi connectivity index (χ4v) is 6.24. The number of carbonyl (C=O) groups is 1. The maximum absolute atomic E-state index is 14.1. The number of hydrogen-bond acceptors (Lipinski definition) is 7. The summed E-state index contributed by atoms with van der Waals surface area (Å²) in [7, 11) is 0. The molecule has 1 aromatic heterocycles. The summed E-state index contributed by atoms with van der Waals surface area (Å²) in [6, 6.07) is 17.5. The lowest BCUT2D eigenvalue weighted by molar-refractivity contribution is -0.113. The number of hydrogen-bond donors (Lipinski definition) is 2. The van der Waals surface area contributed by atoms with E-state index in [2.05, 4.69) is 52.5 Å². The van der Waals surface area contributed by atoms with Crippen LogP contribution in [0.3, 0.4) is 0 Å². The van der Waals surface area contributed by atoms with Crippen LogP contribution in [0, 0.1) is 20.8 Å². The van der Waals surface area contributed by atoms with Gasteiger partial charge < -0.3 is 20.1 Å². The molecule has 5 rings (SSSR count). The zero-order valence-corrected chi connectivity index (χ0v) is 27.6. The van der Waals surface area contributed by atoms with E-state index in [4.69, 9.17) is 19.6 Å². The van der Waals surface area contributed by atoms with Crippen molar-refractivity contribution in [3.05, 3.63) is 98.2 Å². The molecule has 1 atom stereocenters. The summed E-state index contributed by atoms with van der Waals surface area (Å²) in [6.45, 7) is 12.8. The van der Waals surface area contributed by atoms with Crippen molar-refractivity contribution < 1.29 is 14.3 Å². The van der Waals surface area contributed by atoms with E-state index in [0.29, 0.717) is 47.1 Å². The number of aryl methyl sites for hydroxylation is 2. The maximum atomic E-state index is 14.1. The molecule has 4 aromatic rings. The van der Waals surface area contributed by atoms with Gasteiger partial charge in [-0.2, -0.15) is 4.98 Å². The molecule has 2 N–H and O–H groups in total. The highest BCUT2D eigenvalue weighted by Gasteiger charge is 2.35. The van der Waals surface area contributed by atoms with Crippen LogP contribution in [0.4, 0.5) is 11.6 Å². The van der Waals surface area contributed by atoms with Crippen molar-refractivity contribution in [3.8, 4) is 11.5 Å². The van der Waals surface area contributed by atoms with Crippen LogP contribution in [-0.4, -0.2) is 33.0 Å². The van der Waals surface area contributed by atoms with E-state index in [1.165, 1.54) is 5.56 Å². The lowest BCUT2D eigenvalue weighted by Gasteiger charge is -2.29. The number of allylic oxidation sites excluding steroid dienone is 1. The van der Waals surface area contributed by atoms with E-state index < -0.39 is 6.04 Å². The summed E-state index contributed by atoms with van der Waals surface area (Å²) in [5.41, 5.74) is 7.18. The summed E-state index contributed by atoms with van der Waals surface area (Å²) < 4.78 is 14.9. The molecule has 2 heterocycles. The molecule has 1 amide bonds. The van der Waals surface area contributed by atoms with Gasteiger partial charge >= 0.3 is 0 Å². The van der Waals surface area contributed by atoms with Crippen molar-refractivity contribution in [1.82, 2.24) is 14.8 Å². The monoisotopic (exact) mass is 661 g/mol. The van der Waals surface area contributed by atoms with Crippen LogP contribution in [0.1, 0.15) is 54.6 Å². The van der Waals surface area contributed by atoms with Gasteiger partial charge in [-0.15, -0.1) is 5.10 Å². The van der Waals surface area contributed by atoms with E-state index in [1.807, 2.05) is 70.2 Å². The normalized spacial score (nSPS) is 14.3. The van der Waals surface area contributed by atoms with Gasteiger partial charge in [0.05, 0.1) is 16.7 Å². The van der Waals surface area contributed by atoms with Crippen molar-refractivity contribution >= 4 is 45.2 Å². The number of benzene rings is 3. The van der Waals surface area contributed by atoms with Gasteiger partial charge in [0.1, 0.15) is 12.6 Å². The maximum Gasteiger partial charge on any atom is 0.255 e. The van der Waals surface area contributed by atoms with Crippen molar-refractivity contribution in [3.63, 3.8) is 0 Å². The van der Waals surface area contributed by atoms with Gasteiger partial charge in [-0.3, -0.25) is 4.79 Å². The second-order valence-corrected chi connectivity index (χ2v) is 12.5. The average molecular weight is 663 g/mol. The highest BCUT2D eigenvalue weighted by atomic mass is 79.9. The van der Waals surface area contributed by atoms with Gasteiger partial charge in [-0.1, -0.05) is 60.6 Å². The smallest absolute Gasteiger partial charge is 0.255 e. The number of fused-ring (bicyclic) bond motifs is 1. The van der Waals surface area contributed by atoms with E-state index in [9.17, 15) is 4.79 Å². The largest absolute Gasteiger partial charge is 0.490 e. The minimum atomic E-state index is -0.568. The SMILES string of the molecule is CCOc1cc(C2C(C(=O)Nc3cccc(C)c3C)=C(C)Nc3nc(SCC)nn32)cc(Br)c1OCc1cccc(C)c1. The molecule has 0 spiro atoms. The Balaban J connectivity index is 1.58. The van der Waals surface area contributed by atoms with Gasteiger partial charge in [-0.05, 0) is 96.8 Å². The minimum absolute atomic E-state index is 0.219. The fraction of sp³-hybridized carbons (Fsp3) is 0.303. The molecule has 43 heavy (non-hydrogen) atoms. The molecule has 0 bridgehead atoms. The highest BCUT2D eigenvalue weighted by molar-refractivity contribution is 9.10. The zero-order valence-electron chi connectivity index (χ0n) is 25.2. The fourth-order valence-electron chi connectivity index (χ4n) is 5.11. The lowest BCUT2D eigenvalue weighted by atomic mass is 9.94. The molecule has 3 aromatic carbocycles. The molecule has 1 aliphatic rings. The van der Waals surface area contributed by atoms with Gasteiger partial charge in [0.2, 0.25) is 11.1 Å². The third-order valence-electron chi connectivity index (χ3n) is 7.32. The van der Waals surface area contributed by atoms with E-state index >= 15 is 0 Å². The summed E-state index contributed by atoms with van der Waals surface area (Å²) in [5.74, 6) is 2.37. The standard InChI is InChI=1S/C33H36BrN5O3S/c1-7-41-27-17-24(16-25(34)30(27)42-18-23-13-9-11-19(3)15-23)29-28(31(40)36-26-14-10-12-20(4)21(26)5)22(6)35-32-37-33(43-8-2)38-39(29)32/h9-17,29H,7-8,18H2,1-6H3,(H,36,40)(H,35,37,38). The quantitative estimate of drug-likeness (QED) is 0.167. The first-order valence-corrected chi connectivity index (χ1v) is 16.1. The van der Waals surface area contributed by atoms with E-state index in [-0.39, 0.29) is 5.91 Å². The number of aromatic nitrogens is 3. The Labute approximate surface area is 265 Å². The second-order valence-electron chi connectivity index (χ2n) is 10.4. The molecule has 1 aliphatic heterocycles. The lowest BCUT2D eigenvalue weighted by Crippen LogP contribution is -2.31. The number of nitrogens with zero attached hydrogens (tertiary/aromatic N) is 3. The summed E-state index contributed by atoms with van der Waals surface area (Å²) in [6.07, 6.45) is 0. The third-order valence-corrected chi connectivity index (χ3v) is 8.63. The number of rotatable bonds is 10. The van der Waals surface area contributed by atoms with Crippen molar-refractivity contribution in [1.29, 1.82) is 0 Å². The molecule has 224 valence electrons. The van der Waals surface area contributed by atoms with Crippen molar-refractivity contribution in [2.45, 2.75) is 59.3 Å². The van der Waals surface area contributed by atoms with Crippen LogP contribution in [0.15, 0.2) is 75.5 Å². The molecule has 1 unspecified atom stereocenters. The first-order valence-electron chi connectivity index (χ1n) is 14.3. The Bertz CT molecular complexity index is 1700. The molecule has 0 fully saturated rings. The Kier molecular flexibility index (Phi) is 9.46. The molecular weight excluding hydrogens is 626 g/mol. The summed E-state index contributed by atoms with van der Waals surface area (Å²) in [5, 5.41) is 11.9. The van der Waals surface area contributed by atoms with Gasteiger partial charge in [0, 0.05) is 11.4 Å². The number of anilines is 2. The Hall–Kier alpha value is -3.76. The number of thioether (sulfide) groups is 1. The number of carbonyl (C=O) groups excluding carboxylic acids is 1. The molecule has 0 saturated heterocycles. The van der Waals surface area contributed by atoms with Crippen LogP contribution in [-0.2, 0) is 11.4 Å². The Morgan fingerprint density at radius 2 is 1.86 bits per heavy atom. The van der Waals surface area contributed by atoms with E-state index in [0.717, 1.165) is 38.2 Å². The predicted octanol–water partition coefficient (Wildman–Crippen LogP) is 7.98. The second kappa shape index (κ2) is 13.3. The van der Waals surface area contributed by atoms with Crippen LogP contribution >= 0.6 is 27.7 Å². The summed E-state index contributed by atoms with van der Waals surface area (Å²) in [4.78, 5) is 18.8. The molecule has 8 nitrogen and oxygen atoms in total. The topological polar surface area (TPSA) is 90.3 Å². The van der Waals surface area contributed by atoms with Crippen molar-refractivity contribution in [2.24, 2.45) is 0 Å². The number of amides is 1. The van der Waals surface area contributed by atoms with Crippen LogP contribution in [0.2, 0.25) is 0 Å². The minimum Gasteiger partial charge on any atom is -0.490 e. The van der Waals surface area contributed by atoms with Gasteiger partial charge in [0.15, 0.2) is 11.5 Å². The van der Waals surface area contributed by atoms with Gasteiger partial charge in [0.25, 0.3) is 5.91 Å². The molecule has 10 heteroatoms. The van der Waals surface area contributed by atoms with Crippen LogP contribution in [0.25, 0.3) is 0 Å². The number of halogens is 1. The molecular formula is C33H36BrN5O3S. The first kappa shape index (κ1) is 30.7. The number of nitrogens with one attached hydrogen (secondary N) is 2. The van der Waals surface area contributed by atoms with Crippen LogP contribution < -0.4 is 20.1 Å². The third kappa shape index (κ3) is 6.60. The number of ether oxygens (including phenoxy) is 2.